The number of hydrogen-bond donors (Lipinski definition) is 0. The van der Waals surface area contributed by atoms with Crippen LogP contribution in [0.4, 0.5) is 0 Å². The number of amides is 1. The first kappa shape index (κ1) is 16.2. The molecule has 3 heterocycles. The molecule has 1 aromatic carbocycles. The summed E-state index contributed by atoms with van der Waals surface area (Å²) in [5.41, 5.74) is 1.40. The van der Waals surface area contributed by atoms with Gasteiger partial charge in [0.25, 0.3) is 5.91 Å². The largest absolute Gasteiger partial charge is 0.337 e. The molecule has 2 aliphatic rings. The Hall–Kier alpha value is -2.28. The summed E-state index contributed by atoms with van der Waals surface area (Å²) < 4.78 is 1.55. The fourth-order valence-corrected chi connectivity index (χ4v) is 4.02. The van der Waals surface area contributed by atoms with Crippen molar-refractivity contribution in [2.75, 3.05) is 26.2 Å². The number of nitrogens with zero attached hydrogens (tertiary/aromatic N) is 6. The first-order valence-electron chi connectivity index (χ1n) is 9.18. The first-order valence-corrected chi connectivity index (χ1v) is 9.18. The first-order chi connectivity index (χ1) is 12.3. The quantitative estimate of drug-likeness (QED) is 0.852. The van der Waals surface area contributed by atoms with Gasteiger partial charge in [0.05, 0.1) is 11.3 Å². The van der Waals surface area contributed by atoms with Crippen molar-refractivity contribution in [3.05, 3.63) is 36.2 Å². The second-order valence-electron chi connectivity index (χ2n) is 6.92. The Balaban J connectivity index is 1.53. The maximum Gasteiger partial charge on any atom is 0.256 e. The lowest BCUT2D eigenvalue weighted by molar-refractivity contribution is 0.0537. The molecule has 0 spiro atoms. The van der Waals surface area contributed by atoms with Gasteiger partial charge in [-0.2, -0.15) is 4.68 Å². The van der Waals surface area contributed by atoms with Crippen LogP contribution < -0.4 is 0 Å². The summed E-state index contributed by atoms with van der Waals surface area (Å²) in [6.07, 6.45) is 7.70. The van der Waals surface area contributed by atoms with Crippen molar-refractivity contribution < 1.29 is 4.79 Å². The van der Waals surface area contributed by atoms with Crippen molar-refractivity contribution in [2.24, 2.45) is 0 Å². The van der Waals surface area contributed by atoms with Crippen LogP contribution in [-0.4, -0.2) is 68.1 Å². The molecular formula is C18H24N6O. The highest BCUT2D eigenvalue weighted by molar-refractivity contribution is 5.97. The number of hydrogen-bond acceptors (Lipinski definition) is 5. The van der Waals surface area contributed by atoms with E-state index in [9.17, 15) is 4.79 Å². The molecule has 7 heteroatoms. The molecular weight excluding hydrogens is 316 g/mol. The monoisotopic (exact) mass is 340 g/mol. The molecule has 2 saturated heterocycles. The third-order valence-electron chi connectivity index (χ3n) is 5.32. The Labute approximate surface area is 147 Å². The SMILES string of the molecule is O=C(c1ccccc1-n1cnnn1)N1CCC[C@@H](N2CCCCC2)C1. The highest BCUT2D eigenvalue weighted by Gasteiger charge is 2.30. The van der Waals surface area contributed by atoms with Gasteiger partial charge in [-0.3, -0.25) is 9.69 Å². The van der Waals surface area contributed by atoms with Crippen LogP contribution in [-0.2, 0) is 0 Å². The second kappa shape index (κ2) is 7.31. The van der Waals surface area contributed by atoms with Gasteiger partial charge in [0, 0.05) is 19.1 Å². The van der Waals surface area contributed by atoms with Crippen LogP contribution in [0.25, 0.3) is 5.69 Å². The van der Waals surface area contributed by atoms with Crippen LogP contribution >= 0.6 is 0 Å². The van der Waals surface area contributed by atoms with Crippen LogP contribution in [0.2, 0.25) is 0 Å². The molecule has 2 aliphatic heterocycles. The van der Waals surface area contributed by atoms with Gasteiger partial charge in [-0.15, -0.1) is 5.10 Å². The standard InChI is InChI=1S/C18H24N6O/c25-18(16-8-2-3-9-17(16)24-14-19-20-21-24)23-12-6-7-15(13-23)22-10-4-1-5-11-22/h2-3,8-9,14-15H,1,4-7,10-13H2/t15-/m1/s1. The zero-order valence-electron chi connectivity index (χ0n) is 14.4. The maximum absolute atomic E-state index is 13.2. The molecule has 1 amide bonds. The minimum atomic E-state index is 0.0767. The van der Waals surface area contributed by atoms with Gasteiger partial charge in [0.15, 0.2) is 0 Å². The molecule has 0 aliphatic carbocycles. The second-order valence-corrected chi connectivity index (χ2v) is 6.92. The lowest BCUT2D eigenvalue weighted by atomic mass is 10.00. The Bertz CT molecular complexity index is 710. The van der Waals surface area contributed by atoms with E-state index in [1.165, 1.54) is 45.1 Å². The number of carbonyl (C=O) groups is 1. The summed E-state index contributed by atoms with van der Waals surface area (Å²) in [6.45, 7) is 4.00. The molecule has 7 nitrogen and oxygen atoms in total. The van der Waals surface area contributed by atoms with Crippen molar-refractivity contribution in [1.29, 1.82) is 0 Å². The fraction of sp³-hybridized carbons (Fsp3) is 0.556. The van der Waals surface area contributed by atoms with E-state index in [-0.39, 0.29) is 5.91 Å². The molecule has 0 N–H and O–H groups in total. The van der Waals surface area contributed by atoms with E-state index >= 15 is 0 Å². The summed E-state index contributed by atoms with van der Waals surface area (Å²) in [7, 11) is 0. The van der Waals surface area contributed by atoms with Gasteiger partial charge >= 0.3 is 0 Å². The minimum Gasteiger partial charge on any atom is -0.337 e. The summed E-state index contributed by atoms with van der Waals surface area (Å²) >= 11 is 0. The molecule has 25 heavy (non-hydrogen) atoms. The lowest BCUT2D eigenvalue weighted by Gasteiger charge is -2.41. The lowest BCUT2D eigenvalue weighted by Crippen LogP contribution is -2.51. The summed E-state index contributed by atoms with van der Waals surface area (Å²) in [6, 6.07) is 8.05. The van der Waals surface area contributed by atoms with Gasteiger partial charge in [-0.25, -0.2) is 0 Å². The number of para-hydroxylation sites is 1. The Morgan fingerprint density at radius 1 is 1.04 bits per heavy atom. The molecule has 2 aromatic rings. The van der Waals surface area contributed by atoms with E-state index in [0.717, 1.165) is 25.2 Å². The molecule has 1 aromatic heterocycles. The highest BCUT2D eigenvalue weighted by Crippen LogP contribution is 2.23. The normalized spacial score (nSPS) is 22.1. The average molecular weight is 340 g/mol. The highest BCUT2D eigenvalue weighted by atomic mass is 16.2. The van der Waals surface area contributed by atoms with Crippen LogP contribution in [0.3, 0.4) is 0 Å². The van der Waals surface area contributed by atoms with Crippen molar-refractivity contribution in [2.45, 2.75) is 38.1 Å². The van der Waals surface area contributed by atoms with Crippen molar-refractivity contribution in [3.63, 3.8) is 0 Å². The van der Waals surface area contributed by atoms with Crippen LogP contribution in [0.1, 0.15) is 42.5 Å². The van der Waals surface area contributed by atoms with E-state index in [1.54, 1.807) is 4.68 Å². The molecule has 0 saturated carbocycles. The van der Waals surface area contributed by atoms with E-state index < -0.39 is 0 Å². The van der Waals surface area contributed by atoms with E-state index in [2.05, 4.69) is 20.4 Å². The minimum absolute atomic E-state index is 0.0767. The molecule has 132 valence electrons. The zero-order valence-corrected chi connectivity index (χ0v) is 14.4. The number of tetrazole rings is 1. The van der Waals surface area contributed by atoms with Crippen molar-refractivity contribution >= 4 is 5.91 Å². The molecule has 4 rings (SSSR count). The average Bonchev–Trinajstić information content (AvgIpc) is 3.23. The van der Waals surface area contributed by atoms with E-state index in [0.29, 0.717) is 11.6 Å². The Morgan fingerprint density at radius 2 is 1.88 bits per heavy atom. The van der Waals surface area contributed by atoms with Crippen LogP contribution in [0.15, 0.2) is 30.6 Å². The van der Waals surface area contributed by atoms with Crippen LogP contribution in [0, 0.1) is 0 Å². The fourth-order valence-electron chi connectivity index (χ4n) is 4.02. The zero-order chi connectivity index (χ0) is 17.1. The Morgan fingerprint density at radius 3 is 2.68 bits per heavy atom. The molecule has 2 fully saturated rings. The molecule has 1 atom stereocenters. The van der Waals surface area contributed by atoms with Gasteiger partial charge < -0.3 is 4.90 Å². The van der Waals surface area contributed by atoms with E-state index in [1.807, 2.05) is 29.2 Å². The van der Waals surface area contributed by atoms with Crippen molar-refractivity contribution in [3.8, 4) is 5.69 Å². The summed E-state index contributed by atoms with van der Waals surface area (Å²) in [5.74, 6) is 0.0767. The number of benzene rings is 1. The van der Waals surface area contributed by atoms with Crippen molar-refractivity contribution in [1.82, 2.24) is 30.0 Å². The smallest absolute Gasteiger partial charge is 0.256 e. The van der Waals surface area contributed by atoms with Gasteiger partial charge in [-0.05, 0) is 61.3 Å². The predicted octanol–water partition coefficient (Wildman–Crippen LogP) is 1.75. The maximum atomic E-state index is 13.2. The number of aromatic nitrogens is 4. The molecule has 0 bridgehead atoms. The third-order valence-corrected chi connectivity index (χ3v) is 5.32. The van der Waals surface area contributed by atoms with Gasteiger partial charge in [0.2, 0.25) is 0 Å². The topological polar surface area (TPSA) is 67.2 Å². The summed E-state index contributed by atoms with van der Waals surface area (Å²) in [5, 5.41) is 11.3. The molecule has 0 radical (unpaired) electrons. The Kier molecular flexibility index (Phi) is 4.74. The number of carbonyl (C=O) groups excluding carboxylic acids is 1. The predicted molar refractivity (Wildman–Crippen MR) is 93.5 cm³/mol. The van der Waals surface area contributed by atoms with E-state index in [4.69, 9.17) is 0 Å². The van der Waals surface area contributed by atoms with Gasteiger partial charge in [0.1, 0.15) is 6.33 Å². The summed E-state index contributed by atoms with van der Waals surface area (Å²) in [4.78, 5) is 17.8. The third kappa shape index (κ3) is 3.42. The molecule has 0 unspecified atom stereocenters. The number of rotatable bonds is 3. The van der Waals surface area contributed by atoms with Gasteiger partial charge in [-0.1, -0.05) is 18.6 Å². The number of likely N-dealkylation sites (tertiary alicyclic amines) is 2. The number of piperidine rings is 2. The van der Waals surface area contributed by atoms with Crippen LogP contribution in [0.5, 0.6) is 0 Å².